The molecule has 1 fully saturated rings. The van der Waals surface area contributed by atoms with Gasteiger partial charge < -0.3 is 5.32 Å². The third kappa shape index (κ3) is 3.44. The van der Waals surface area contributed by atoms with Gasteiger partial charge in [0, 0.05) is 11.8 Å². The molecule has 1 N–H and O–H groups in total. The number of halogens is 4. The second-order valence-corrected chi connectivity index (χ2v) is 6.86. The average Bonchev–Trinajstić information content (AvgIpc) is 3.36. The van der Waals surface area contributed by atoms with E-state index in [1.165, 1.54) is 34.9 Å². The van der Waals surface area contributed by atoms with Crippen LogP contribution in [0.1, 0.15) is 29.0 Å². The highest BCUT2D eigenvalue weighted by molar-refractivity contribution is 6.00. The average molecular weight is 392 g/mol. The Hall–Kier alpha value is -2.97. The highest BCUT2D eigenvalue weighted by atomic mass is 19.4. The lowest BCUT2D eigenvalue weighted by atomic mass is 10.1. The molecule has 1 atom stereocenters. The number of nitrogens with zero attached hydrogens (tertiary/aromatic N) is 3. The fraction of sp³-hybridized carbons (Fsp3) is 0.316. The second-order valence-electron chi connectivity index (χ2n) is 6.86. The SMILES string of the molecule is Cc1nc(-c2cccc(F)c2)nc2c(C(=O)NC(C3CC3)C(F)(F)F)ccn12. The van der Waals surface area contributed by atoms with Crippen LogP contribution in [0.4, 0.5) is 17.6 Å². The largest absolute Gasteiger partial charge is 0.408 e. The molecule has 3 aromatic rings. The predicted octanol–water partition coefficient (Wildman–Crippen LogP) is 3.91. The molecule has 1 amide bonds. The van der Waals surface area contributed by atoms with Gasteiger partial charge >= 0.3 is 6.18 Å². The molecule has 28 heavy (non-hydrogen) atoms. The van der Waals surface area contributed by atoms with Crippen molar-refractivity contribution in [3.05, 3.63) is 53.7 Å². The number of nitrogens with one attached hydrogen (secondary N) is 1. The first-order valence-electron chi connectivity index (χ1n) is 8.73. The summed E-state index contributed by atoms with van der Waals surface area (Å²) in [4.78, 5) is 21.2. The highest BCUT2D eigenvalue weighted by Gasteiger charge is 2.49. The van der Waals surface area contributed by atoms with Gasteiger partial charge in [0.05, 0.1) is 5.56 Å². The fourth-order valence-corrected chi connectivity index (χ4v) is 3.18. The van der Waals surface area contributed by atoms with Crippen LogP contribution < -0.4 is 5.32 Å². The molecule has 1 unspecified atom stereocenters. The first kappa shape index (κ1) is 18.4. The molecule has 1 aliphatic carbocycles. The van der Waals surface area contributed by atoms with Crippen molar-refractivity contribution < 1.29 is 22.4 Å². The highest BCUT2D eigenvalue weighted by Crippen LogP contribution is 2.40. The Morgan fingerprint density at radius 1 is 1.25 bits per heavy atom. The summed E-state index contributed by atoms with van der Waals surface area (Å²) in [6.45, 7) is 1.67. The Labute approximate surface area is 157 Å². The number of fused-ring (bicyclic) bond motifs is 1. The molecule has 2 heterocycles. The van der Waals surface area contributed by atoms with Crippen LogP contribution in [-0.4, -0.2) is 32.5 Å². The van der Waals surface area contributed by atoms with Crippen molar-refractivity contribution in [3.63, 3.8) is 0 Å². The number of rotatable bonds is 4. The van der Waals surface area contributed by atoms with E-state index in [9.17, 15) is 22.4 Å². The van der Waals surface area contributed by atoms with Crippen molar-refractivity contribution in [3.8, 4) is 11.4 Å². The number of hydrogen-bond donors (Lipinski definition) is 1. The van der Waals surface area contributed by atoms with Crippen LogP contribution >= 0.6 is 0 Å². The molecule has 4 rings (SSSR count). The van der Waals surface area contributed by atoms with Gasteiger partial charge in [0.25, 0.3) is 5.91 Å². The van der Waals surface area contributed by atoms with Crippen LogP contribution in [0, 0.1) is 18.7 Å². The van der Waals surface area contributed by atoms with Crippen molar-refractivity contribution in [2.45, 2.75) is 32.0 Å². The summed E-state index contributed by atoms with van der Waals surface area (Å²) in [6, 6.07) is 5.18. The van der Waals surface area contributed by atoms with Crippen molar-refractivity contribution in [1.82, 2.24) is 19.7 Å². The van der Waals surface area contributed by atoms with Gasteiger partial charge in [0.2, 0.25) is 0 Å². The molecule has 0 bridgehead atoms. The van der Waals surface area contributed by atoms with Crippen molar-refractivity contribution in [2.24, 2.45) is 5.92 Å². The summed E-state index contributed by atoms with van der Waals surface area (Å²) < 4.78 is 54.7. The number of benzene rings is 1. The quantitative estimate of drug-likeness (QED) is 0.685. The van der Waals surface area contributed by atoms with Crippen LogP contribution in [-0.2, 0) is 0 Å². The first-order chi connectivity index (χ1) is 13.2. The molecule has 5 nitrogen and oxygen atoms in total. The number of aryl methyl sites for hydroxylation is 1. The van der Waals surface area contributed by atoms with E-state index in [1.54, 1.807) is 13.0 Å². The lowest BCUT2D eigenvalue weighted by Crippen LogP contribution is -2.46. The smallest absolute Gasteiger partial charge is 0.340 e. The maximum absolute atomic E-state index is 13.5. The lowest BCUT2D eigenvalue weighted by Gasteiger charge is -2.21. The molecule has 1 aromatic carbocycles. The van der Waals surface area contributed by atoms with E-state index in [1.807, 2.05) is 0 Å². The minimum absolute atomic E-state index is 0.0121. The maximum Gasteiger partial charge on any atom is 0.408 e. The summed E-state index contributed by atoms with van der Waals surface area (Å²) in [5.74, 6) is -1.24. The van der Waals surface area contributed by atoms with Gasteiger partial charge in [-0.3, -0.25) is 9.20 Å². The number of carbonyl (C=O) groups is 1. The standard InChI is InChI=1S/C19H16F4N4O/c1-10-24-16(12-3-2-4-13(20)9-12)26-17-14(7-8-27(10)17)18(28)25-15(11-5-6-11)19(21,22)23/h2-4,7-9,11,15H,5-6H2,1H3,(H,25,28). The molecule has 9 heteroatoms. The van der Waals surface area contributed by atoms with Gasteiger partial charge in [-0.05, 0) is 43.9 Å². The van der Waals surface area contributed by atoms with Gasteiger partial charge in [0.15, 0.2) is 11.5 Å². The van der Waals surface area contributed by atoms with Gasteiger partial charge in [-0.25, -0.2) is 14.4 Å². The van der Waals surface area contributed by atoms with Crippen LogP contribution in [0.25, 0.3) is 17.0 Å². The van der Waals surface area contributed by atoms with Crippen LogP contribution in [0.2, 0.25) is 0 Å². The molecule has 0 radical (unpaired) electrons. The summed E-state index contributed by atoms with van der Waals surface area (Å²) in [5.41, 5.74) is 0.586. The first-order valence-corrected chi connectivity index (χ1v) is 8.73. The monoisotopic (exact) mass is 392 g/mol. The Morgan fingerprint density at radius 2 is 2.00 bits per heavy atom. The second kappa shape index (κ2) is 6.57. The molecular weight excluding hydrogens is 376 g/mol. The molecule has 1 aliphatic rings. The number of carbonyl (C=O) groups excluding carboxylic acids is 1. The summed E-state index contributed by atoms with van der Waals surface area (Å²) in [5, 5.41) is 2.10. The Kier molecular flexibility index (Phi) is 4.32. The zero-order valence-electron chi connectivity index (χ0n) is 14.8. The van der Waals surface area contributed by atoms with Crippen molar-refractivity contribution in [1.29, 1.82) is 0 Å². The molecule has 0 spiro atoms. The van der Waals surface area contributed by atoms with E-state index < -0.39 is 29.9 Å². The molecule has 146 valence electrons. The van der Waals surface area contributed by atoms with E-state index in [0.717, 1.165) is 0 Å². The Morgan fingerprint density at radius 3 is 2.64 bits per heavy atom. The molecule has 1 saturated carbocycles. The number of amides is 1. The Bertz CT molecular complexity index is 1060. The summed E-state index contributed by atoms with van der Waals surface area (Å²) in [7, 11) is 0. The van der Waals surface area contributed by atoms with E-state index in [2.05, 4.69) is 15.3 Å². The summed E-state index contributed by atoms with van der Waals surface area (Å²) in [6.07, 6.45) is -2.11. The molecule has 2 aromatic heterocycles. The van der Waals surface area contributed by atoms with E-state index in [0.29, 0.717) is 24.2 Å². The minimum atomic E-state index is -4.51. The number of hydrogen-bond acceptors (Lipinski definition) is 3. The molecular formula is C19H16F4N4O. The zero-order valence-corrected chi connectivity index (χ0v) is 14.8. The van der Waals surface area contributed by atoms with Crippen LogP contribution in [0.3, 0.4) is 0 Å². The number of aromatic nitrogens is 3. The topological polar surface area (TPSA) is 59.3 Å². The van der Waals surface area contributed by atoms with Gasteiger partial charge in [-0.15, -0.1) is 0 Å². The van der Waals surface area contributed by atoms with Crippen LogP contribution in [0.5, 0.6) is 0 Å². The normalized spacial score (nSPS) is 15.6. The third-order valence-corrected chi connectivity index (χ3v) is 4.75. The van der Waals surface area contributed by atoms with Crippen LogP contribution in [0.15, 0.2) is 36.5 Å². The van der Waals surface area contributed by atoms with Gasteiger partial charge in [-0.1, -0.05) is 12.1 Å². The molecule has 0 saturated heterocycles. The minimum Gasteiger partial charge on any atom is -0.340 e. The lowest BCUT2D eigenvalue weighted by molar-refractivity contribution is -0.158. The predicted molar refractivity (Wildman–Crippen MR) is 93.2 cm³/mol. The third-order valence-electron chi connectivity index (χ3n) is 4.75. The maximum atomic E-state index is 13.5. The fourth-order valence-electron chi connectivity index (χ4n) is 3.18. The van der Waals surface area contributed by atoms with Crippen molar-refractivity contribution >= 4 is 11.6 Å². The van der Waals surface area contributed by atoms with E-state index in [-0.39, 0.29) is 17.0 Å². The Balaban J connectivity index is 1.72. The van der Waals surface area contributed by atoms with Crippen molar-refractivity contribution in [2.75, 3.05) is 0 Å². The summed E-state index contributed by atoms with van der Waals surface area (Å²) >= 11 is 0. The zero-order chi connectivity index (χ0) is 20.1. The van der Waals surface area contributed by atoms with Gasteiger partial charge in [-0.2, -0.15) is 13.2 Å². The number of alkyl halides is 3. The van der Waals surface area contributed by atoms with Gasteiger partial charge in [0.1, 0.15) is 17.7 Å². The van der Waals surface area contributed by atoms with E-state index in [4.69, 9.17) is 0 Å². The molecule has 0 aliphatic heterocycles. The van der Waals surface area contributed by atoms with E-state index >= 15 is 0 Å².